The van der Waals surface area contributed by atoms with Gasteiger partial charge in [0.15, 0.2) is 0 Å². The zero-order valence-electron chi connectivity index (χ0n) is 19.9. The fourth-order valence-electron chi connectivity index (χ4n) is 5.17. The first-order valence-corrected chi connectivity index (χ1v) is 12.1. The third kappa shape index (κ3) is 5.36. The highest BCUT2D eigenvalue weighted by molar-refractivity contribution is 6.57. The van der Waals surface area contributed by atoms with E-state index in [4.69, 9.17) is 10.3 Å². The van der Waals surface area contributed by atoms with Crippen LogP contribution in [0.5, 0.6) is 0 Å². The van der Waals surface area contributed by atoms with Gasteiger partial charge in [-0.3, -0.25) is 0 Å². The van der Waals surface area contributed by atoms with Crippen LogP contribution < -0.4 is 4.90 Å². The molecular formula is C26H24BF3N5O2-. The Hall–Kier alpha value is -4.11. The Morgan fingerprint density at radius 2 is 1.59 bits per heavy atom. The Morgan fingerprint density at radius 3 is 2.19 bits per heavy atom. The number of halogens is 3. The summed E-state index contributed by atoms with van der Waals surface area (Å²) in [4.78, 5) is 19.1. The number of hydrogen-bond acceptors (Lipinski definition) is 4. The van der Waals surface area contributed by atoms with Crippen molar-refractivity contribution in [2.75, 3.05) is 37.7 Å². The van der Waals surface area contributed by atoms with Crippen LogP contribution in [0.2, 0.25) is 0 Å². The maximum Gasteiger partial charge on any atom is 0.482 e. The minimum atomic E-state index is -5.03. The van der Waals surface area contributed by atoms with Crippen LogP contribution in [0.1, 0.15) is 22.6 Å². The maximum absolute atomic E-state index is 13.0. The standard InChI is InChI=1S/C26H24BF3N5O2/c28-27(29,30)16-18-13-19(32-33-31)15-20(14-18)34-9-11-35(12-10-34)26(36)37-17-25-23-7-3-1-5-21(23)22-6-2-4-8-24(22)25/h1-8,13-15,25H,9-12,16-17H2/q-1. The van der Waals surface area contributed by atoms with Gasteiger partial charge < -0.3 is 27.5 Å². The summed E-state index contributed by atoms with van der Waals surface area (Å²) in [5.74, 6) is -0.0327. The molecule has 0 aromatic heterocycles. The second-order valence-electron chi connectivity index (χ2n) is 9.24. The second kappa shape index (κ2) is 10.1. The van der Waals surface area contributed by atoms with E-state index >= 15 is 0 Å². The molecule has 0 saturated carbocycles. The molecule has 1 amide bonds. The van der Waals surface area contributed by atoms with Gasteiger partial charge in [0.05, 0.1) is 0 Å². The smallest absolute Gasteiger partial charge is 0.449 e. The summed E-state index contributed by atoms with van der Waals surface area (Å²) in [6.07, 6.45) is -1.47. The van der Waals surface area contributed by atoms with Gasteiger partial charge in [0, 0.05) is 48.4 Å². The maximum atomic E-state index is 13.0. The van der Waals surface area contributed by atoms with Gasteiger partial charge in [-0.2, -0.15) is 0 Å². The molecule has 0 N–H and O–H groups in total. The number of azide groups is 1. The van der Waals surface area contributed by atoms with Gasteiger partial charge in [0.2, 0.25) is 0 Å². The molecule has 3 aromatic rings. The number of benzene rings is 3. The second-order valence-corrected chi connectivity index (χ2v) is 9.24. The molecule has 1 heterocycles. The molecule has 11 heteroatoms. The van der Waals surface area contributed by atoms with Crippen molar-refractivity contribution < 1.29 is 22.5 Å². The first-order valence-electron chi connectivity index (χ1n) is 12.1. The summed E-state index contributed by atoms with van der Waals surface area (Å²) in [6, 6.07) is 20.5. The van der Waals surface area contributed by atoms with Crippen molar-refractivity contribution in [2.45, 2.75) is 12.2 Å². The van der Waals surface area contributed by atoms with Gasteiger partial charge in [-0.1, -0.05) is 71.6 Å². The molecule has 7 nitrogen and oxygen atoms in total. The number of piperazine rings is 1. The molecule has 0 spiro atoms. The van der Waals surface area contributed by atoms with Crippen molar-refractivity contribution >= 4 is 24.4 Å². The predicted octanol–water partition coefficient (Wildman–Crippen LogP) is 6.63. The summed E-state index contributed by atoms with van der Waals surface area (Å²) in [5, 5.41) is 3.50. The van der Waals surface area contributed by atoms with Crippen molar-refractivity contribution in [3.8, 4) is 11.1 Å². The molecular weight excluding hydrogens is 482 g/mol. The molecule has 2 aliphatic rings. The molecule has 1 saturated heterocycles. The van der Waals surface area contributed by atoms with Crippen LogP contribution in [-0.4, -0.2) is 50.8 Å². The third-order valence-corrected chi connectivity index (χ3v) is 6.83. The lowest BCUT2D eigenvalue weighted by molar-refractivity contribution is 0.0977. The van der Waals surface area contributed by atoms with E-state index < -0.39 is 19.4 Å². The first kappa shape index (κ1) is 24.6. The number of anilines is 1. The normalized spacial score (nSPS) is 15.1. The number of carbonyl (C=O) groups is 1. The van der Waals surface area contributed by atoms with E-state index in [0.29, 0.717) is 31.9 Å². The summed E-state index contributed by atoms with van der Waals surface area (Å²) >= 11 is 0. The van der Waals surface area contributed by atoms with Gasteiger partial charge in [-0.25, -0.2) is 4.79 Å². The fraction of sp³-hybridized carbons (Fsp3) is 0.269. The summed E-state index contributed by atoms with van der Waals surface area (Å²) in [5.41, 5.74) is 14.0. The molecule has 190 valence electrons. The molecule has 37 heavy (non-hydrogen) atoms. The van der Waals surface area contributed by atoms with E-state index in [1.54, 1.807) is 11.0 Å². The Morgan fingerprint density at radius 1 is 0.973 bits per heavy atom. The SMILES string of the molecule is [N-]=[N+]=Nc1cc(C[B-](F)(F)F)cc(N2CCN(C(=O)OCC3c4ccccc4-c4ccccc43)CC2)c1. The average Bonchev–Trinajstić information content (AvgIpc) is 3.20. The largest absolute Gasteiger partial charge is 0.482 e. The lowest BCUT2D eigenvalue weighted by Crippen LogP contribution is -2.49. The van der Waals surface area contributed by atoms with Gasteiger partial charge in [0.1, 0.15) is 6.61 Å². The van der Waals surface area contributed by atoms with Crippen molar-refractivity contribution in [3.05, 3.63) is 93.9 Å². The van der Waals surface area contributed by atoms with Crippen LogP contribution >= 0.6 is 0 Å². The Labute approximate surface area is 212 Å². The highest BCUT2D eigenvalue weighted by atomic mass is 19.4. The molecule has 0 unspecified atom stereocenters. The van der Waals surface area contributed by atoms with E-state index in [-0.39, 0.29) is 23.8 Å². The fourth-order valence-corrected chi connectivity index (χ4v) is 5.17. The quantitative estimate of drug-likeness (QED) is 0.163. The van der Waals surface area contributed by atoms with Crippen LogP contribution in [0.25, 0.3) is 21.6 Å². The highest BCUT2D eigenvalue weighted by Crippen LogP contribution is 2.44. The van der Waals surface area contributed by atoms with Crippen LogP contribution in [0, 0.1) is 0 Å². The lowest BCUT2D eigenvalue weighted by Gasteiger charge is -2.36. The average molecular weight is 506 g/mol. The number of ether oxygens (including phenoxy) is 1. The van der Waals surface area contributed by atoms with Crippen LogP contribution in [0.4, 0.5) is 29.1 Å². The van der Waals surface area contributed by atoms with Crippen molar-refractivity contribution in [2.24, 2.45) is 5.11 Å². The monoisotopic (exact) mass is 506 g/mol. The van der Waals surface area contributed by atoms with Gasteiger partial charge >= 0.3 is 13.1 Å². The van der Waals surface area contributed by atoms with Crippen LogP contribution in [0.3, 0.4) is 0 Å². The van der Waals surface area contributed by atoms with Crippen molar-refractivity contribution in [1.29, 1.82) is 0 Å². The molecule has 1 fully saturated rings. The van der Waals surface area contributed by atoms with Crippen molar-refractivity contribution in [3.63, 3.8) is 0 Å². The van der Waals surface area contributed by atoms with E-state index in [2.05, 4.69) is 34.3 Å². The molecule has 1 aliphatic heterocycles. The molecule has 0 radical (unpaired) electrons. The number of rotatable bonds is 6. The Bertz CT molecular complexity index is 1320. The third-order valence-electron chi connectivity index (χ3n) is 6.83. The number of amides is 1. The summed E-state index contributed by atoms with van der Waals surface area (Å²) in [7, 11) is 0. The number of nitrogens with zero attached hydrogens (tertiary/aromatic N) is 5. The van der Waals surface area contributed by atoms with E-state index in [1.807, 2.05) is 29.2 Å². The zero-order valence-corrected chi connectivity index (χ0v) is 19.9. The highest BCUT2D eigenvalue weighted by Gasteiger charge is 2.30. The summed E-state index contributed by atoms with van der Waals surface area (Å²) < 4.78 is 44.8. The van der Waals surface area contributed by atoms with E-state index in [0.717, 1.165) is 22.3 Å². The molecule has 5 rings (SSSR count). The first-order chi connectivity index (χ1) is 17.8. The summed E-state index contributed by atoms with van der Waals surface area (Å²) in [6.45, 7) is -3.25. The Kier molecular flexibility index (Phi) is 6.71. The molecule has 1 aliphatic carbocycles. The minimum Gasteiger partial charge on any atom is -0.449 e. The van der Waals surface area contributed by atoms with Crippen molar-refractivity contribution in [1.82, 2.24) is 4.90 Å². The Balaban J connectivity index is 1.23. The minimum absolute atomic E-state index is 0.0327. The van der Waals surface area contributed by atoms with Gasteiger partial charge in [0.25, 0.3) is 0 Å². The molecule has 0 bridgehead atoms. The lowest BCUT2D eigenvalue weighted by atomic mass is 9.81. The topological polar surface area (TPSA) is 81.5 Å². The van der Waals surface area contributed by atoms with E-state index in [9.17, 15) is 17.7 Å². The van der Waals surface area contributed by atoms with Crippen LogP contribution in [0.15, 0.2) is 71.8 Å². The van der Waals surface area contributed by atoms with E-state index in [1.165, 1.54) is 12.1 Å². The van der Waals surface area contributed by atoms with Crippen LogP contribution in [-0.2, 0) is 11.1 Å². The van der Waals surface area contributed by atoms with Gasteiger partial charge in [-0.15, -0.1) is 0 Å². The molecule has 3 aromatic carbocycles. The molecule has 0 atom stereocenters. The zero-order chi connectivity index (χ0) is 26.0. The number of hydrogen-bond donors (Lipinski definition) is 0. The van der Waals surface area contributed by atoms with Gasteiger partial charge in [-0.05, 0) is 39.9 Å². The predicted molar refractivity (Wildman–Crippen MR) is 137 cm³/mol. The number of fused-ring (bicyclic) bond motifs is 3. The number of carbonyl (C=O) groups excluding carboxylic acids is 1.